The molecule has 9 nitrogen and oxygen atoms in total. The SMILES string of the molecule is CC.CO/N=C(\C1=NOCCO1)c1ccccc1Oc1ncnc(Oc2ccccc2Cl)c1F. The molecule has 1 aliphatic heterocycles. The summed E-state index contributed by atoms with van der Waals surface area (Å²) >= 11 is 6.07. The Kier molecular flexibility index (Phi) is 8.98. The maximum atomic E-state index is 15.1. The summed E-state index contributed by atoms with van der Waals surface area (Å²) < 4.78 is 31.8. The van der Waals surface area contributed by atoms with Gasteiger partial charge in [0.25, 0.3) is 17.7 Å². The zero-order chi connectivity index (χ0) is 24.3. The summed E-state index contributed by atoms with van der Waals surface area (Å²) in [7, 11) is 1.37. The highest BCUT2D eigenvalue weighted by Crippen LogP contribution is 2.33. The predicted molar refractivity (Wildman–Crippen MR) is 124 cm³/mol. The molecule has 0 radical (unpaired) electrons. The quantitative estimate of drug-likeness (QED) is 0.316. The number of halogens is 2. The third-order valence-electron chi connectivity index (χ3n) is 4.06. The highest BCUT2D eigenvalue weighted by molar-refractivity contribution is 6.45. The van der Waals surface area contributed by atoms with Gasteiger partial charge in [0.1, 0.15) is 31.5 Å². The van der Waals surface area contributed by atoms with Crippen LogP contribution in [0, 0.1) is 5.82 Å². The summed E-state index contributed by atoms with van der Waals surface area (Å²) in [5.74, 6) is -1.09. The van der Waals surface area contributed by atoms with Gasteiger partial charge in [-0.3, -0.25) is 0 Å². The van der Waals surface area contributed by atoms with Crippen LogP contribution < -0.4 is 9.47 Å². The van der Waals surface area contributed by atoms with E-state index in [1.807, 2.05) is 13.8 Å². The molecular weight excluding hydrogens is 467 g/mol. The Hall–Kier alpha value is -3.92. The minimum absolute atomic E-state index is 0.0973. The van der Waals surface area contributed by atoms with E-state index in [1.165, 1.54) is 7.11 Å². The molecule has 2 heterocycles. The molecule has 0 aliphatic carbocycles. The fraction of sp³-hybridized carbons (Fsp3) is 0.217. The van der Waals surface area contributed by atoms with Gasteiger partial charge in [-0.05, 0) is 29.4 Å². The van der Waals surface area contributed by atoms with E-state index in [9.17, 15) is 0 Å². The largest absolute Gasteiger partial charge is 0.470 e. The molecule has 178 valence electrons. The lowest BCUT2D eigenvalue weighted by Crippen LogP contribution is -2.25. The van der Waals surface area contributed by atoms with Gasteiger partial charge in [-0.1, -0.05) is 54.9 Å². The molecule has 0 spiro atoms. The molecule has 3 aromatic rings. The Morgan fingerprint density at radius 1 is 0.971 bits per heavy atom. The van der Waals surface area contributed by atoms with Gasteiger partial charge in [0.2, 0.25) is 5.82 Å². The standard InChI is InChI=1S/C21H16ClFN4O5.C2H6/c1-28-26-18(21-27-30-11-10-29-21)13-6-2-4-8-15(13)31-19-17(23)20(25-12-24-19)32-16-9-5-3-7-14(16)22;1-2/h2-9,12H,10-11H2,1H3;1-2H3/b26-18-;. The van der Waals surface area contributed by atoms with Crippen molar-refractivity contribution in [3.63, 3.8) is 0 Å². The Labute approximate surface area is 200 Å². The number of ether oxygens (including phenoxy) is 3. The summed E-state index contributed by atoms with van der Waals surface area (Å²) in [6.45, 7) is 4.59. The van der Waals surface area contributed by atoms with E-state index in [4.69, 9.17) is 35.5 Å². The van der Waals surface area contributed by atoms with Crippen LogP contribution in [-0.4, -0.2) is 41.9 Å². The third-order valence-corrected chi connectivity index (χ3v) is 4.38. The summed E-state index contributed by atoms with van der Waals surface area (Å²) in [4.78, 5) is 17.7. The van der Waals surface area contributed by atoms with Crippen molar-refractivity contribution in [3.05, 3.63) is 71.3 Å². The Morgan fingerprint density at radius 3 is 2.26 bits per heavy atom. The first-order valence-corrected chi connectivity index (χ1v) is 10.7. The topological polar surface area (TPSA) is 96.7 Å². The molecule has 1 aromatic heterocycles. The van der Waals surface area contributed by atoms with Crippen LogP contribution in [0.15, 0.2) is 65.2 Å². The van der Waals surface area contributed by atoms with Gasteiger partial charge in [0, 0.05) is 0 Å². The smallest absolute Gasteiger partial charge is 0.280 e. The molecule has 0 N–H and O–H groups in total. The van der Waals surface area contributed by atoms with Gasteiger partial charge in [-0.25, -0.2) is 0 Å². The van der Waals surface area contributed by atoms with Crippen LogP contribution in [0.25, 0.3) is 0 Å². The van der Waals surface area contributed by atoms with E-state index in [2.05, 4.69) is 20.3 Å². The summed E-state index contributed by atoms with van der Waals surface area (Å²) in [6.07, 6.45) is 1.11. The number of rotatable bonds is 7. The highest BCUT2D eigenvalue weighted by atomic mass is 35.5. The molecule has 0 atom stereocenters. The van der Waals surface area contributed by atoms with Crippen LogP contribution in [0.5, 0.6) is 23.3 Å². The second-order valence-corrected chi connectivity index (χ2v) is 6.54. The Morgan fingerprint density at radius 2 is 1.62 bits per heavy atom. The molecule has 2 aromatic carbocycles. The third kappa shape index (κ3) is 5.90. The van der Waals surface area contributed by atoms with Gasteiger partial charge in [0.05, 0.1) is 10.6 Å². The molecule has 0 fully saturated rings. The number of oxime groups is 2. The van der Waals surface area contributed by atoms with Crippen LogP contribution in [0.4, 0.5) is 4.39 Å². The van der Waals surface area contributed by atoms with Crippen LogP contribution in [0.3, 0.4) is 0 Å². The summed E-state index contributed by atoms with van der Waals surface area (Å²) in [5.41, 5.74) is 0.606. The molecule has 1 aliphatic rings. The van der Waals surface area contributed by atoms with E-state index in [1.54, 1.807) is 48.5 Å². The summed E-state index contributed by atoms with van der Waals surface area (Å²) in [5, 5.41) is 8.12. The van der Waals surface area contributed by atoms with E-state index in [-0.39, 0.29) is 41.5 Å². The van der Waals surface area contributed by atoms with Gasteiger partial charge >= 0.3 is 0 Å². The lowest BCUT2D eigenvalue weighted by atomic mass is 10.1. The van der Waals surface area contributed by atoms with Crippen molar-refractivity contribution in [1.29, 1.82) is 0 Å². The van der Waals surface area contributed by atoms with E-state index in [0.29, 0.717) is 17.2 Å². The fourth-order valence-electron chi connectivity index (χ4n) is 2.68. The van der Waals surface area contributed by atoms with Crippen LogP contribution >= 0.6 is 11.6 Å². The summed E-state index contributed by atoms with van der Waals surface area (Å²) in [6, 6.07) is 13.3. The normalized spacial score (nSPS) is 12.9. The fourth-order valence-corrected chi connectivity index (χ4v) is 2.85. The second-order valence-electron chi connectivity index (χ2n) is 6.13. The van der Waals surface area contributed by atoms with Crippen LogP contribution in [-0.2, 0) is 14.4 Å². The Balaban J connectivity index is 0.00000158. The Bertz CT molecular complexity index is 1180. The molecule has 0 unspecified atom stereocenters. The van der Waals surface area contributed by atoms with Crippen molar-refractivity contribution in [2.24, 2.45) is 10.3 Å². The van der Waals surface area contributed by atoms with Crippen molar-refractivity contribution in [1.82, 2.24) is 9.97 Å². The van der Waals surface area contributed by atoms with Crippen molar-refractivity contribution in [3.8, 4) is 23.3 Å². The number of hydrogen-bond donors (Lipinski definition) is 0. The van der Waals surface area contributed by atoms with E-state index < -0.39 is 5.82 Å². The monoisotopic (exact) mass is 488 g/mol. The van der Waals surface area contributed by atoms with Crippen LogP contribution in [0.2, 0.25) is 5.02 Å². The minimum Gasteiger partial charge on any atom is -0.470 e. The van der Waals surface area contributed by atoms with Gasteiger partial charge < -0.3 is 23.9 Å². The lowest BCUT2D eigenvalue weighted by Gasteiger charge is -2.17. The van der Waals surface area contributed by atoms with Gasteiger partial charge in [-0.15, -0.1) is 0 Å². The van der Waals surface area contributed by atoms with Crippen molar-refractivity contribution < 1.29 is 28.3 Å². The number of hydrogen-bond acceptors (Lipinski definition) is 9. The maximum absolute atomic E-state index is 15.1. The first-order chi connectivity index (χ1) is 16.7. The number of aromatic nitrogens is 2. The molecule has 0 saturated carbocycles. The lowest BCUT2D eigenvalue weighted by molar-refractivity contribution is 0.0672. The van der Waals surface area contributed by atoms with E-state index >= 15 is 4.39 Å². The number of benzene rings is 2. The van der Waals surface area contributed by atoms with Crippen molar-refractivity contribution in [2.45, 2.75) is 13.8 Å². The molecule has 0 saturated heterocycles. The average molecular weight is 489 g/mol. The predicted octanol–water partition coefficient (Wildman–Crippen LogP) is 5.59. The average Bonchev–Trinajstić information content (AvgIpc) is 2.88. The molecule has 34 heavy (non-hydrogen) atoms. The van der Waals surface area contributed by atoms with E-state index in [0.717, 1.165) is 6.33 Å². The second kappa shape index (κ2) is 12.4. The first-order valence-electron chi connectivity index (χ1n) is 10.3. The number of para-hydroxylation sites is 2. The van der Waals surface area contributed by atoms with Gasteiger partial charge in [0.15, 0.2) is 12.3 Å². The molecule has 0 bridgehead atoms. The van der Waals surface area contributed by atoms with Gasteiger partial charge in [-0.2, -0.15) is 14.4 Å². The highest BCUT2D eigenvalue weighted by Gasteiger charge is 2.24. The number of nitrogens with zero attached hydrogens (tertiary/aromatic N) is 4. The zero-order valence-electron chi connectivity index (χ0n) is 18.7. The zero-order valence-corrected chi connectivity index (χ0v) is 19.5. The molecule has 11 heteroatoms. The minimum atomic E-state index is -0.915. The van der Waals surface area contributed by atoms with Crippen LogP contribution in [0.1, 0.15) is 19.4 Å². The molecular formula is C23H22ClFN4O5. The van der Waals surface area contributed by atoms with Crippen molar-refractivity contribution in [2.75, 3.05) is 20.3 Å². The molecule has 0 amide bonds. The molecule has 4 rings (SSSR count). The first kappa shape index (κ1) is 24.7. The van der Waals surface area contributed by atoms with Crippen molar-refractivity contribution >= 4 is 23.2 Å². The maximum Gasteiger partial charge on any atom is 0.280 e.